The van der Waals surface area contributed by atoms with Gasteiger partial charge in [0.2, 0.25) is 0 Å². The fourth-order valence-corrected chi connectivity index (χ4v) is 1.79. The minimum absolute atomic E-state index is 0.0780. The van der Waals surface area contributed by atoms with Gasteiger partial charge in [0.1, 0.15) is 5.75 Å². The van der Waals surface area contributed by atoms with Gasteiger partial charge >= 0.3 is 0 Å². The van der Waals surface area contributed by atoms with Crippen molar-refractivity contribution < 1.29 is 9.90 Å². The van der Waals surface area contributed by atoms with Gasteiger partial charge in [-0.3, -0.25) is 4.79 Å². The summed E-state index contributed by atoms with van der Waals surface area (Å²) < 4.78 is 0. The minimum Gasteiger partial charge on any atom is -0.508 e. The van der Waals surface area contributed by atoms with Crippen LogP contribution in [0.25, 0.3) is 6.08 Å². The molecule has 0 aromatic heterocycles. The normalized spacial score (nSPS) is 11.8. The summed E-state index contributed by atoms with van der Waals surface area (Å²) in [5.41, 5.74) is 2.67. The number of hydrogen-bond acceptors (Lipinski definition) is 2. The summed E-state index contributed by atoms with van der Waals surface area (Å²) in [6.45, 7) is 1.95. The van der Waals surface area contributed by atoms with Crippen LogP contribution in [0.15, 0.2) is 72.3 Å². The first-order valence-corrected chi connectivity index (χ1v) is 6.40. The zero-order valence-electron chi connectivity index (χ0n) is 11.3. The molecule has 0 saturated heterocycles. The molecular formula is C18H16O2. The largest absolute Gasteiger partial charge is 0.508 e. The van der Waals surface area contributed by atoms with Crippen molar-refractivity contribution in [3.63, 3.8) is 0 Å². The molecule has 0 aliphatic rings. The van der Waals surface area contributed by atoms with E-state index in [0.717, 1.165) is 11.1 Å². The van der Waals surface area contributed by atoms with Gasteiger partial charge in [-0.2, -0.15) is 0 Å². The second kappa shape index (κ2) is 6.53. The summed E-state index contributed by atoms with van der Waals surface area (Å²) in [4.78, 5) is 11.9. The van der Waals surface area contributed by atoms with E-state index in [9.17, 15) is 9.90 Å². The SMILES string of the molecule is CC(/C=C\C(=O)c1ccc(O)cc1)=C/c1ccccc1. The molecule has 2 heteroatoms. The molecule has 20 heavy (non-hydrogen) atoms. The number of allylic oxidation sites excluding steroid dienone is 3. The van der Waals surface area contributed by atoms with Crippen LogP contribution >= 0.6 is 0 Å². The molecule has 0 saturated carbocycles. The fourth-order valence-electron chi connectivity index (χ4n) is 1.79. The van der Waals surface area contributed by atoms with Gasteiger partial charge in [-0.15, -0.1) is 0 Å². The highest BCUT2D eigenvalue weighted by molar-refractivity contribution is 6.04. The van der Waals surface area contributed by atoms with Crippen LogP contribution in [0, 0.1) is 0 Å². The number of ketones is 1. The van der Waals surface area contributed by atoms with Crippen molar-refractivity contribution in [3.05, 3.63) is 83.4 Å². The number of phenols is 1. The van der Waals surface area contributed by atoms with E-state index >= 15 is 0 Å². The Morgan fingerprint density at radius 3 is 2.25 bits per heavy atom. The van der Waals surface area contributed by atoms with Crippen LogP contribution < -0.4 is 0 Å². The Labute approximate surface area is 118 Å². The number of carbonyl (C=O) groups excluding carboxylic acids is 1. The number of carbonyl (C=O) groups is 1. The Kier molecular flexibility index (Phi) is 4.51. The standard InChI is InChI=1S/C18H16O2/c1-14(13-15-5-3-2-4-6-15)7-12-18(20)16-8-10-17(19)11-9-16/h2-13,19H,1H3/b12-7-,14-13-. The zero-order valence-corrected chi connectivity index (χ0v) is 11.3. The van der Waals surface area contributed by atoms with Gasteiger partial charge in [0.15, 0.2) is 5.78 Å². The Bertz CT molecular complexity index is 635. The summed E-state index contributed by atoms with van der Waals surface area (Å²) in [6, 6.07) is 16.2. The quantitative estimate of drug-likeness (QED) is 0.509. The van der Waals surface area contributed by atoms with E-state index in [2.05, 4.69) is 0 Å². The van der Waals surface area contributed by atoms with Crippen molar-refractivity contribution in [1.29, 1.82) is 0 Å². The first-order chi connectivity index (χ1) is 9.65. The van der Waals surface area contributed by atoms with Gasteiger partial charge in [-0.1, -0.05) is 48.1 Å². The maximum atomic E-state index is 11.9. The van der Waals surface area contributed by atoms with Crippen LogP contribution in [0.4, 0.5) is 0 Å². The van der Waals surface area contributed by atoms with E-state index < -0.39 is 0 Å². The summed E-state index contributed by atoms with van der Waals surface area (Å²) in [6.07, 6.45) is 5.35. The highest BCUT2D eigenvalue weighted by Gasteiger charge is 2.00. The molecule has 0 aliphatic heterocycles. The summed E-state index contributed by atoms with van der Waals surface area (Å²) >= 11 is 0. The Morgan fingerprint density at radius 1 is 0.950 bits per heavy atom. The molecule has 0 heterocycles. The maximum absolute atomic E-state index is 11.9. The van der Waals surface area contributed by atoms with Crippen molar-refractivity contribution in [2.45, 2.75) is 6.92 Å². The number of benzene rings is 2. The molecule has 0 atom stereocenters. The van der Waals surface area contributed by atoms with Crippen molar-refractivity contribution in [2.24, 2.45) is 0 Å². The molecule has 1 N–H and O–H groups in total. The lowest BCUT2D eigenvalue weighted by atomic mass is 10.1. The third-order valence-corrected chi connectivity index (χ3v) is 2.84. The molecule has 0 radical (unpaired) electrons. The van der Waals surface area contributed by atoms with Gasteiger partial charge in [0.05, 0.1) is 0 Å². The van der Waals surface area contributed by atoms with Crippen LogP contribution in [-0.4, -0.2) is 10.9 Å². The van der Waals surface area contributed by atoms with Crippen molar-refractivity contribution in [2.75, 3.05) is 0 Å². The summed E-state index contributed by atoms with van der Waals surface area (Å²) in [7, 11) is 0. The van der Waals surface area contributed by atoms with E-state index in [0.29, 0.717) is 5.56 Å². The second-order valence-electron chi connectivity index (χ2n) is 4.54. The van der Waals surface area contributed by atoms with Crippen LogP contribution in [0.5, 0.6) is 5.75 Å². The lowest BCUT2D eigenvalue weighted by Crippen LogP contribution is -1.93. The lowest BCUT2D eigenvalue weighted by molar-refractivity contribution is 0.104. The van der Waals surface area contributed by atoms with Crippen LogP contribution in [0.3, 0.4) is 0 Å². The molecule has 2 aromatic carbocycles. The molecule has 100 valence electrons. The first kappa shape index (κ1) is 13.8. The summed E-state index contributed by atoms with van der Waals surface area (Å²) in [5.74, 6) is 0.0801. The summed E-state index contributed by atoms with van der Waals surface area (Å²) in [5, 5.41) is 9.18. The number of aromatic hydroxyl groups is 1. The maximum Gasteiger partial charge on any atom is 0.185 e. The predicted molar refractivity (Wildman–Crippen MR) is 81.7 cm³/mol. The molecule has 0 bridgehead atoms. The van der Waals surface area contributed by atoms with Gasteiger partial charge in [0.25, 0.3) is 0 Å². The van der Waals surface area contributed by atoms with Gasteiger partial charge in [0, 0.05) is 5.56 Å². The van der Waals surface area contributed by atoms with Crippen LogP contribution in [0.2, 0.25) is 0 Å². The molecule has 2 nitrogen and oxygen atoms in total. The Balaban J connectivity index is 2.07. The van der Waals surface area contributed by atoms with E-state index in [1.54, 1.807) is 24.3 Å². The molecule has 0 spiro atoms. The fraction of sp³-hybridized carbons (Fsp3) is 0.0556. The van der Waals surface area contributed by atoms with E-state index in [1.165, 1.54) is 12.1 Å². The highest BCUT2D eigenvalue weighted by atomic mass is 16.3. The van der Waals surface area contributed by atoms with Gasteiger partial charge in [-0.05, 0) is 42.8 Å². The number of phenolic OH excluding ortho intramolecular Hbond substituents is 1. The van der Waals surface area contributed by atoms with Crippen molar-refractivity contribution >= 4 is 11.9 Å². The zero-order chi connectivity index (χ0) is 14.4. The first-order valence-electron chi connectivity index (χ1n) is 6.40. The second-order valence-corrected chi connectivity index (χ2v) is 4.54. The van der Waals surface area contributed by atoms with Crippen LogP contribution in [-0.2, 0) is 0 Å². The molecule has 0 amide bonds. The highest BCUT2D eigenvalue weighted by Crippen LogP contribution is 2.11. The average molecular weight is 264 g/mol. The molecule has 2 aromatic rings. The van der Waals surface area contributed by atoms with E-state index in [-0.39, 0.29) is 11.5 Å². The monoisotopic (exact) mass is 264 g/mol. The predicted octanol–water partition coefficient (Wildman–Crippen LogP) is 4.23. The minimum atomic E-state index is -0.0780. The third-order valence-electron chi connectivity index (χ3n) is 2.84. The van der Waals surface area contributed by atoms with E-state index in [4.69, 9.17) is 0 Å². The molecule has 0 fully saturated rings. The average Bonchev–Trinajstić information content (AvgIpc) is 2.46. The lowest BCUT2D eigenvalue weighted by Gasteiger charge is -1.97. The molecule has 2 rings (SSSR count). The topological polar surface area (TPSA) is 37.3 Å². The van der Waals surface area contributed by atoms with Gasteiger partial charge < -0.3 is 5.11 Å². The number of rotatable bonds is 4. The van der Waals surface area contributed by atoms with Gasteiger partial charge in [-0.25, -0.2) is 0 Å². The van der Waals surface area contributed by atoms with Crippen LogP contribution in [0.1, 0.15) is 22.8 Å². The Hall–Kier alpha value is -2.61. The van der Waals surface area contributed by atoms with Crippen molar-refractivity contribution in [1.82, 2.24) is 0 Å². The van der Waals surface area contributed by atoms with Crippen molar-refractivity contribution in [3.8, 4) is 5.75 Å². The smallest absolute Gasteiger partial charge is 0.185 e. The Morgan fingerprint density at radius 2 is 1.60 bits per heavy atom. The third kappa shape index (κ3) is 3.95. The molecule has 0 unspecified atom stereocenters. The van der Waals surface area contributed by atoms with E-state index in [1.807, 2.05) is 43.3 Å². The molecular weight excluding hydrogens is 248 g/mol. The molecule has 0 aliphatic carbocycles. The number of hydrogen-bond donors (Lipinski definition) is 1.